The van der Waals surface area contributed by atoms with Crippen LogP contribution in [0.1, 0.15) is 30.2 Å². The Morgan fingerprint density at radius 3 is 2.79 bits per heavy atom. The molecular formula is C18H25N3O2S. The monoisotopic (exact) mass is 347 g/mol. The molecule has 5 nitrogen and oxygen atoms in total. The number of aromatic hydroxyl groups is 1. The van der Waals surface area contributed by atoms with E-state index in [0.29, 0.717) is 18.2 Å². The average Bonchev–Trinajstić information content (AvgIpc) is 3.13. The summed E-state index contributed by atoms with van der Waals surface area (Å²) < 4.78 is 5.13. The molecule has 1 heterocycles. The Morgan fingerprint density at radius 1 is 1.29 bits per heavy atom. The lowest BCUT2D eigenvalue weighted by molar-refractivity contribution is 0.370. The summed E-state index contributed by atoms with van der Waals surface area (Å²) in [6.07, 6.45) is 0. The molecule has 24 heavy (non-hydrogen) atoms. The van der Waals surface area contributed by atoms with Gasteiger partial charge in [-0.25, -0.2) is 4.99 Å². The Morgan fingerprint density at radius 2 is 2.12 bits per heavy atom. The first-order valence-corrected chi connectivity index (χ1v) is 8.94. The molecule has 0 aliphatic rings. The molecule has 0 spiro atoms. The Hall–Kier alpha value is -2.21. The standard InChI is InChI=1S/C18H25N3O2S/c1-4-19-18(20-11-13(2)16-9-6-10-24-16)21-12-14-7-5-8-15(23-3)17(14)22/h5-10,13,22H,4,11-12H2,1-3H3,(H2,19,20,21). The minimum atomic E-state index is 0.145. The number of benzene rings is 1. The average molecular weight is 347 g/mol. The van der Waals surface area contributed by atoms with Gasteiger partial charge in [-0.15, -0.1) is 11.3 Å². The van der Waals surface area contributed by atoms with E-state index < -0.39 is 0 Å². The van der Waals surface area contributed by atoms with E-state index >= 15 is 0 Å². The third-order valence-electron chi connectivity index (χ3n) is 3.66. The van der Waals surface area contributed by atoms with Gasteiger partial charge in [0.25, 0.3) is 0 Å². The summed E-state index contributed by atoms with van der Waals surface area (Å²) >= 11 is 1.77. The van der Waals surface area contributed by atoms with Crippen molar-refractivity contribution < 1.29 is 9.84 Å². The Balaban J connectivity index is 2.00. The highest BCUT2D eigenvalue weighted by Gasteiger charge is 2.09. The zero-order valence-electron chi connectivity index (χ0n) is 14.4. The van der Waals surface area contributed by atoms with Crippen molar-refractivity contribution >= 4 is 17.3 Å². The Kier molecular flexibility index (Phi) is 6.93. The molecule has 6 heteroatoms. The molecule has 1 unspecified atom stereocenters. The second-order valence-corrected chi connectivity index (χ2v) is 6.44. The number of phenolic OH excluding ortho intramolecular Hbond substituents is 1. The van der Waals surface area contributed by atoms with Gasteiger partial charge in [0, 0.05) is 29.4 Å². The van der Waals surface area contributed by atoms with Gasteiger partial charge in [0.05, 0.1) is 13.7 Å². The van der Waals surface area contributed by atoms with E-state index in [9.17, 15) is 5.11 Å². The topological polar surface area (TPSA) is 65.9 Å². The van der Waals surface area contributed by atoms with Crippen LogP contribution in [0.5, 0.6) is 11.5 Å². The molecule has 0 saturated carbocycles. The van der Waals surface area contributed by atoms with Gasteiger partial charge in [-0.2, -0.15) is 0 Å². The van der Waals surface area contributed by atoms with Crippen LogP contribution in [0.3, 0.4) is 0 Å². The predicted octanol–water partition coefficient (Wildman–Crippen LogP) is 3.32. The number of rotatable bonds is 7. The van der Waals surface area contributed by atoms with Crippen LogP contribution in [0.15, 0.2) is 40.7 Å². The summed E-state index contributed by atoms with van der Waals surface area (Å²) in [6, 6.07) is 9.65. The summed E-state index contributed by atoms with van der Waals surface area (Å²) in [5.74, 6) is 1.76. The lowest BCUT2D eigenvalue weighted by Crippen LogP contribution is -2.39. The molecule has 0 amide bonds. The summed E-state index contributed by atoms with van der Waals surface area (Å²) in [7, 11) is 1.54. The first kappa shape index (κ1) is 18.1. The summed E-state index contributed by atoms with van der Waals surface area (Å²) in [4.78, 5) is 5.91. The molecule has 0 bridgehead atoms. The maximum atomic E-state index is 10.1. The van der Waals surface area contributed by atoms with Gasteiger partial charge in [-0.3, -0.25) is 0 Å². The molecule has 2 aromatic rings. The molecular weight excluding hydrogens is 322 g/mol. The van der Waals surface area contributed by atoms with Gasteiger partial charge >= 0.3 is 0 Å². The molecule has 0 aliphatic heterocycles. The molecule has 0 fully saturated rings. The lowest BCUT2D eigenvalue weighted by Gasteiger charge is -2.15. The van der Waals surface area contributed by atoms with Gasteiger partial charge in [-0.05, 0) is 24.4 Å². The normalized spacial score (nSPS) is 12.7. The number of aliphatic imine (C=N–C) groups is 1. The molecule has 0 radical (unpaired) electrons. The quantitative estimate of drug-likeness (QED) is 0.531. The number of nitrogens with zero attached hydrogens (tertiary/aromatic N) is 1. The number of methoxy groups -OCH3 is 1. The predicted molar refractivity (Wildman–Crippen MR) is 100 cm³/mol. The highest BCUT2D eigenvalue weighted by Crippen LogP contribution is 2.29. The third-order valence-corrected chi connectivity index (χ3v) is 4.76. The smallest absolute Gasteiger partial charge is 0.191 e. The summed E-state index contributed by atoms with van der Waals surface area (Å²) in [5, 5.41) is 18.8. The Bertz CT molecular complexity index is 656. The van der Waals surface area contributed by atoms with Crippen molar-refractivity contribution in [3.05, 3.63) is 46.2 Å². The van der Waals surface area contributed by atoms with E-state index in [-0.39, 0.29) is 5.75 Å². The molecule has 1 atom stereocenters. The van der Waals surface area contributed by atoms with Crippen LogP contribution in [0, 0.1) is 0 Å². The van der Waals surface area contributed by atoms with Crippen LogP contribution >= 0.6 is 11.3 Å². The molecule has 0 aliphatic carbocycles. The number of hydrogen-bond donors (Lipinski definition) is 3. The molecule has 3 N–H and O–H groups in total. The van der Waals surface area contributed by atoms with Crippen LogP contribution < -0.4 is 15.4 Å². The fourth-order valence-electron chi connectivity index (χ4n) is 2.29. The van der Waals surface area contributed by atoms with Gasteiger partial charge in [-0.1, -0.05) is 25.1 Å². The SMILES string of the molecule is CCNC(=NCc1cccc(OC)c1O)NCC(C)c1cccs1. The van der Waals surface area contributed by atoms with Crippen LogP contribution in [0.2, 0.25) is 0 Å². The van der Waals surface area contributed by atoms with E-state index in [1.165, 1.54) is 4.88 Å². The van der Waals surface area contributed by atoms with Gasteiger partial charge in [0.1, 0.15) is 0 Å². The van der Waals surface area contributed by atoms with E-state index in [4.69, 9.17) is 4.74 Å². The number of hydrogen-bond acceptors (Lipinski definition) is 4. The van der Waals surface area contributed by atoms with Crippen molar-refractivity contribution in [2.24, 2.45) is 4.99 Å². The van der Waals surface area contributed by atoms with Crippen molar-refractivity contribution in [2.75, 3.05) is 20.2 Å². The maximum absolute atomic E-state index is 10.1. The van der Waals surface area contributed by atoms with Crippen molar-refractivity contribution in [2.45, 2.75) is 26.3 Å². The Labute approximate surface area is 147 Å². The number of thiophene rings is 1. The number of para-hydroxylation sites is 1. The van der Waals surface area contributed by atoms with Crippen molar-refractivity contribution in [1.82, 2.24) is 10.6 Å². The van der Waals surface area contributed by atoms with Crippen molar-refractivity contribution in [3.8, 4) is 11.5 Å². The van der Waals surface area contributed by atoms with E-state index in [0.717, 1.165) is 24.6 Å². The highest BCUT2D eigenvalue weighted by atomic mass is 32.1. The summed E-state index contributed by atoms with van der Waals surface area (Å²) in [5.41, 5.74) is 0.734. The first-order valence-electron chi connectivity index (χ1n) is 8.06. The van der Waals surface area contributed by atoms with Gasteiger partial charge < -0.3 is 20.5 Å². The molecule has 1 aromatic carbocycles. The molecule has 130 valence electrons. The molecule has 2 rings (SSSR count). The zero-order chi connectivity index (χ0) is 17.4. The number of ether oxygens (including phenoxy) is 1. The number of guanidine groups is 1. The molecule has 1 aromatic heterocycles. The van der Waals surface area contributed by atoms with Crippen molar-refractivity contribution in [1.29, 1.82) is 0 Å². The van der Waals surface area contributed by atoms with Gasteiger partial charge in [0.2, 0.25) is 0 Å². The second-order valence-electron chi connectivity index (χ2n) is 5.46. The van der Waals surface area contributed by atoms with Crippen LogP contribution in [-0.4, -0.2) is 31.3 Å². The van der Waals surface area contributed by atoms with Crippen molar-refractivity contribution in [3.63, 3.8) is 0 Å². The number of nitrogens with one attached hydrogen (secondary N) is 2. The first-order chi connectivity index (χ1) is 11.7. The van der Waals surface area contributed by atoms with Gasteiger partial charge in [0.15, 0.2) is 17.5 Å². The number of phenols is 1. The van der Waals surface area contributed by atoms with E-state index in [1.54, 1.807) is 24.5 Å². The zero-order valence-corrected chi connectivity index (χ0v) is 15.2. The second kappa shape index (κ2) is 9.17. The highest BCUT2D eigenvalue weighted by molar-refractivity contribution is 7.10. The van der Waals surface area contributed by atoms with Crippen LogP contribution in [-0.2, 0) is 6.54 Å². The van der Waals surface area contributed by atoms with E-state index in [1.807, 2.05) is 19.1 Å². The van der Waals surface area contributed by atoms with Crippen LogP contribution in [0.25, 0.3) is 0 Å². The summed E-state index contributed by atoms with van der Waals surface area (Å²) in [6.45, 7) is 6.19. The molecule has 0 saturated heterocycles. The fraction of sp³-hybridized carbons (Fsp3) is 0.389. The maximum Gasteiger partial charge on any atom is 0.191 e. The third kappa shape index (κ3) is 4.89. The minimum Gasteiger partial charge on any atom is -0.504 e. The minimum absolute atomic E-state index is 0.145. The largest absolute Gasteiger partial charge is 0.504 e. The van der Waals surface area contributed by atoms with E-state index in [2.05, 4.69) is 40.1 Å². The fourth-order valence-corrected chi connectivity index (χ4v) is 3.08. The van der Waals surface area contributed by atoms with Crippen LogP contribution in [0.4, 0.5) is 0 Å². The lowest BCUT2D eigenvalue weighted by atomic mass is 10.1.